The van der Waals surface area contributed by atoms with Crippen molar-refractivity contribution in [3.63, 3.8) is 0 Å². The number of aromatic nitrogens is 3. The zero-order valence-corrected chi connectivity index (χ0v) is 25.3. The van der Waals surface area contributed by atoms with Gasteiger partial charge in [-0.2, -0.15) is 31.9 Å². The van der Waals surface area contributed by atoms with Crippen molar-refractivity contribution in [1.82, 2.24) is 20.1 Å². The summed E-state index contributed by atoms with van der Waals surface area (Å²) in [7, 11) is 0. The number of anilines is 2. The number of nitrogens with one attached hydrogen (secondary N) is 1. The maximum atomic E-state index is 13.2. The predicted molar refractivity (Wildman–Crippen MR) is 159 cm³/mol. The Hall–Kier alpha value is -4.21. The number of amidine groups is 1. The minimum Gasteiger partial charge on any atom is -0.426 e. The van der Waals surface area contributed by atoms with Crippen molar-refractivity contribution in [3.8, 4) is 11.4 Å². The van der Waals surface area contributed by atoms with Gasteiger partial charge < -0.3 is 15.0 Å². The number of hydrogen-bond donors (Lipinski definition) is 1. The first kappa shape index (κ1) is 32.2. The van der Waals surface area contributed by atoms with Crippen molar-refractivity contribution in [2.24, 2.45) is 4.99 Å². The summed E-state index contributed by atoms with van der Waals surface area (Å²) in [6, 6.07) is 9.75. The van der Waals surface area contributed by atoms with Crippen LogP contribution in [-0.4, -0.2) is 69.0 Å². The lowest BCUT2D eigenvalue weighted by atomic mass is 9.99. The van der Waals surface area contributed by atoms with E-state index in [2.05, 4.69) is 25.1 Å². The molecule has 0 saturated carbocycles. The summed E-state index contributed by atoms with van der Waals surface area (Å²) in [5, 5.41) is 7.65. The lowest BCUT2D eigenvalue weighted by Crippen LogP contribution is -2.44. The van der Waals surface area contributed by atoms with Crippen LogP contribution in [0.1, 0.15) is 43.7 Å². The molecule has 2 aromatic carbocycles. The third-order valence-corrected chi connectivity index (χ3v) is 8.20. The highest BCUT2D eigenvalue weighted by molar-refractivity contribution is 8.15. The molecule has 2 aliphatic rings. The lowest BCUT2D eigenvalue weighted by Gasteiger charge is -2.31. The predicted octanol–water partition coefficient (Wildman–Crippen LogP) is 6.05. The van der Waals surface area contributed by atoms with Gasteiger partial charge >= 0.3 is 18.3 Å². The lowest BCUT2D eigenvalue weighted by molar-refractivity contribution is -0.360. The fourth-order valence-corrected chi connectivity index (χ4v) is 5.79. The zero-order valence-electron chi connectivity index (χ0n) is 24.5. The fourth-order valence-electron chi connectivity index (χ4n) is 4.93. The molecule has 0 unspecified atom stereocenters. The number of rotatable bonds is 7. The molecule has 1 N–H and O–H groups in total. The number of carbonyl (C=O) groups excluding carboxylic acids is 2. The van der Waals surface area contributed by atoms with Gasteiger partial charge in [0, 0.05) is 19.1 Å². The first-order valence-corrected chi connectivity index (χ1v) is 15.1. The van der Waals surface area contributed by atoms with E-state index in [0.29, 0.717) is 42.7 Å². The summed E-state index contributed by atoms with van der Waals surface area (Å²) in [6.45, 7) is 7.07. The van der Waals surface area contributed by atoms with Gasteiger partial charge in [0.2, 0.25) is 11.9 Å². The molecule has 45 heavy (non-hydrogen) atoms. The molecule has 2 aliphatic heterocycles. The molecule has 2 fully saturated rings. The highest BCUT2D eigenvalue weighted by atomic mass is 32.2. The summed E-state index contributed by atoms with van der Waals surface area (Å²) in [4.78, 5) is 37.7. The van der Waals surface area contributed by atoms with Crippen molar-refractivity contribution in [3.05, 3.63) is 59.9 Å². The molecule has 0 spiro atoms. The maximum Gasteiger partial charge on any atom is 0.499 e. The third kappa shape index (κ3) is 7.21. The Balaban J connectivity index is 1.17. The monoisotopic (exact) mass is 651 g/mol. The molecule has 2 saturated heterocycles. The number of thioether (sulfide) groups is 1. The summed E-state index contributed by atoms with van der Waals surface area (Å²) >= 11 is 1.23. The Morgan fingerprint density at radius 1 is 1.09 bits per heavy atom. The van der Waals surface area contributed by atoms with Gasteiger partial charge in [-0.05, 0) is 67.1 Å². The van der Waals surface area contributed by atoms with Crippen LogP contribution in [0.5, 0.6) is 5.75 Å². The molecule has 10 nitrogen and oxygen atoms in total. The number of amides is 3. The molecule has 0 radical (unpaired) electrons. The first-order chi connectivity index (χ1) is 21.2. The van der Waals surface area contributed by atoms with Crippen molar-refractivity contribution in [1.29, 1.82) is 0 Å². The summed E-state index contributed by atoms with van der Waals surface area (Å²) in [5.41, 5.74) is 3.10. The van der Waals surface area contributed by atoms with Crippen LogP contribution in [0.15, 0.2) is 53.8 Å². The highest BCUT2D eigenvalue weighted by Crippen LogP contribution is 2.37. The second-order valence-corrected chi connectivity index (χ2v) is 11.9. The number of nitrogens with zero attached hydrogens (tertiary/aromatic N) is 6. The van der Waals surface area contributed by atoms with E-state index < -0.39 is 24.1 Å². The smallest absolute Gasteiger partial charge is 0.426 e. The Morgan fingerprint density at radius 3 is 2.42 bits per heavy atom. The second kappa shape index (κ2) is 12.7. The van der Waals surface area contributed by atoms with E-state index >= 15 is 0 Å². The van der Waals surface area contributed by atoms with Gasteiger partial charge in [0.05, 0.1) is 17.1 Å². The first-order valence-electron chi connectivity index (χ1n) is 14.1. The summed E-state index contributed by atoms with van der Waals surface area (Å²) in [6.07, 6.45) is -8.61. The Morgan fingerprint density at radius 2 is 1.78 bits per heavy atom. The molecule has 1 aromatic heterocycles. The number of piperidine rings is 1. The molecule has 3 amide bonds. The van der Waals surface area contributed by atoms with Crippen LogP contribution in [-0.2, 0) is 4.79 Å². The standard InChI is InChI=1S/C29H30F5N7O3S/c1-17(2)22-9-4-18(3)14-23(22)41-24(42)15-45-27(41)37-26(43)36-19-10-12-39(13-11-19)25-35-16-40(38-25)20-5-7-21(8-6-20)44-29(33,34)28(30,31)32/h4-9,14,16-17,19H,10-13,15H2,1-3H3,(H,36,43)/b37-27-. The number of carbonyl (C=O) groups is 2. The van der Waals surface area contributed by atoms with E-state index in [1.807, 2.05) is 43.9 Å². The van der Waals surface area contributed by atoms with Gasteiger partial charge in [0.1, 0.15) is 12.1 Å². The van der Waals surface area contributed by atoms with E-state index in [0.717, 1.165) is 28.9 Å². The maximum absolute atomic E-state index is 13.2. The van der Waals surface area contributed by atoms with Crippen molar-refractivity contribution in [2.75, 3.05) is 28.6 Å². The number of aryl methyl sites for hydroxylation is 1. The normalized spacial score (nSPS) is 17.4. The van der Waals surface area contributed by atoms with Crippen LogP contribution in [0.2, 0.25) is 0 Å². The fraction of sp³-hybridized carbons (Fsp3) is 0.414. The minimum absolute atomic E-state index is 0.133. The summed E-state index contributed by atoms with van der Waals surface area (Å²) < 4.78 is 68.7. The quantitative estimate of drug-likeness (QED) is 0.311. The van der Waals surface area contributed by atoms with Crippen LogP contribution >= 0.6 is 11.8 Å². The van der Waals surface area contributed by atoms with Crippen LogP contribution in [0.3, 0.4) is 0 Å². The van der Waals surface area contributed by atoms with Crippen LogP contribution in [0.4, 0.5) is 38.4 Å². The molecule has 0 atom stereocenters. The average Bonchev–Trinajstić information content (AvgIpc) is 3.60. The summed E-state index contributed by atoms with van der Waals surface area (Å²) in [5.74, 6) is -0.0347. The van der Waals surface area contributed by atoms with Gasteiger partial charge in [0.25, 0.3) is 0 Å². The molecule has 3 aromatic rings. The molecule has 5 rings (SSSR count). The number of urea groups is 1. The number of halogens is 5. The van der Waals surface area contributed by atoms with E-state index in [9.17, 15) is 31.5 Å². The van der Waals surface area contributed by atoms with E-state index in [1.165, 1.54) is 39.8 Å². The number of alkyl halides is 5. The largest absolute Gasteiger partial charge is 0.499 e. The molecular formula is C29H30F5N7O3S. The zero-order chi connectivity index (χ0) is 32.5. The second-order valence-electron chi connectivity index (χ2n) is 10.9. The van der Waals surface area contributed by atoms with Crippen LogP contribution in [0.25, 0.3) is 5.69 Å². The van der Waals surface area contributed by atoms with Gasteiger partial charge in [-0.1, -0.05) is 37.7 Å². The molecule has 240 valence electrons. The Kier molecular flexibility index (Phi) is 9.05. The van der Waals surface area contributed by atoms with E-state index in [1.54, 1.807) is 0 Å². The SMILES string of the molecule is Cc1ccc(C(C)C)c(N2C(=O)CS/C2=N\C(=O)NC2CCN(c3ncn(-c4ccc(OC(F)(F)C(F)(F)F)cc4)n3)CC2)c1. The number of aliphatic imine (C=N–C) groups is 1. The van der Waals surface area contributed by atoms with Crippen LogP contribution < -0.4 is 19.9 Å². The van der Waals surface area contributed by atoms with Gasteiger partial charge in [-0.15, -0.1) is 5.10 Å². The van der Waals surface area contributed by atoms with Crippen molar-refractivity contribution >= 4 is 40.5 Å². The number of hydrogen-bond acceptors (Lipinski definition) is 7. The van der Waals surface area contributed by atoms with E-state index in [-0.39, 0.29) is 23.6 Å². The van der Waals surface area contributed by atoms with Gasteiger partial charge in [-0.25, -0.2) is 9.48 Å². The molecule has 0 bridgehead atoms. The topological polar surface area (TPSA) is 105 Å². The van der Waals surface area contributed by atoms with E-state index in [4.69, 9.17) is 0 Å². The van der Waals surface area contributed by atoms with Crippen molar-refractivity contribution in [2.45, 2.75) is 57.9 Å². The van der Waals surface area contributed by atoms with Gasteiger partial charge in [0.15, 0.2) is 5.17 Å². The average molecular weight is 652 g/mol. The molecule has 0 aliphatic carbocycles. The van der Waals surface area contributed by atoms with Crippen molar-refractivity contribution < 1.29 is 36.3 Å². The van der Waals surface area contributed by atoms with Crippen LogP contribution in [0, 0.1) is 6.92 Å². The third-order valence-electron chi connectivity index (χ3n) is 7.27. The Bertz CT molecular complexity index is 1590. The minimum atomic E-state index is -5.84. The van der Waals surface area contributed by atoms with Gasteiger partial charge in [-0.3, -0.25) is 9.69 Å². The molecular weight excluding hydrogens is 621 g/mol. The highest BCUT2D eigenvalue weighted by Gasteiger charge is 2.61. The number of benzene rings is 2. The molecule has 16 heteroatoms. The molecule has 3 heterocycles. The Labute approximate surface area is 259 Å². The number of ether oxygens (including phenoxy) is 1.